The molecule has 0 bridgehead atoms. The van der Waals surface area contributed by atoms with Crippen LogP contribution in [-0.4, -0.2) is 9.97 Å². The highest BCUT2D eigenvalue weighted by Gasteiger charge is 2.33. The van der Waals surface area contributed by atoms with Gasteiger partial charge in [0.15, 0.2) is 0 Å². The molecule has 4 rings (SSSR count). The maximum Gasteiger partial charge on any atom is 0.220 e. The molecule has 5 nitrogen and oxygen atoms in total. The van der Waals surface area contributed by atoms with Crippen molar-refractivity contribution < 1.29 is 4.39 Å². The maximum atomic E-state index is 14.0. The maximum absolute atomic E-state index is 14.0. The summed E-state index contributed by atoms with van der Waals surface area (Å²) in [6.07, 6.45) is 1.15. The van der Waals surface area contributed by atoms with Gasteiger partial charge in [-0.25, -0.2) is 14.4 Å². The van der Waals surface area contributed by atoms with E-state index in [-0.39, 0.29) is 17.7 Å². The van der Waals surface area contributed by atoms with Crippen molar-refractivity contribution in [2.24, 2.45) is 5.18 Å². The van der Waals surface area contributed by atoms with Crippen molar-refractivity contribution in [1.29, 1.82) is 0 Å². The minimum Gasteiger partial charge on any atom is -0.368 e. The molecule has 1 heterocycles. The van der Waals surface area contributed by atoms with Gasteiger partial charge in [0.25, 0.3) is 0 Å². The first-order valence-corrected chi connectivity index (χ1v) is 8.87. The highest BCUT2D eigenvalue weighted by Crippen LogP contribution is 2.43. The second-order valence-corrected chi connectivity index (χ2v) is 6.88. The van der Waals surface area contributed by atoms with E-state index in [2.05, 4.69) is 15.1 Å². The molecule has 27 heavy (non-hydrogen) atoms. The number of nitrogens with two attached hydrogens (primary N) is 1. The average molecular weight is 362 g/mol. The summed E-state index contributed by atoms with van der Waals surface area (Å²) in [5, 5.41) is 3.33. The largest absolute Gasteiger partial charge is 0.368 e. The Bertz CT molecular complexity index is 1010. The minimum absolute atomic E-state index is 0.00953. The van der Waals surface area contributed by atoms with Gasteiger partial charge in [-0.2, -0.15) is 4.91 Å². The van der Waals surface area contributed by atoms with Crippen molar-refractivity contribution in [3.63, 3.8) is 0 Å². The van der Waals surface area contributed by atoms with Gasteiger partial charge in [-0.3, -0.25) is 0 Å². The van der Waals surface area contributed by atoms with Crippen molar-refractivity contribution in [2.45, 2.75) is 31.7 Å². The van der Waals surface area contributed by atoms with E-state index in [9.17, 15) is 9.30 Å². The molecular weight excluding hydrogens is 343 g/mol. The third-order valence-corrected chi connectivity index (χ3v) is 5.18. The Balaban J connectivity index is 1.82. The number of rotatable bonds is 3. The van der Waals surface area contributed by atoms with Gasteiger partial charge in [-0.15, -0.1) is 0 Å². The molecule has 2 aromatic carbocycles. The van der Waals surface area contributed by atoms with Gasteiger partial charge in [0, 0.05) is 11.3 Å². The van der Waals surface area contributed by atoms with Gasteiger partial charge in [-0.1, -0.05) is 41.6 Å². The number of anilines is 1. The fourth-order valence-electron chi connectivity index (χ4n) is 4.04. The van der Waals surface area contributed by atoms with Crippen LogP contribution in [0, 0.1) is 17.6 Å². The van der Waals surface area contributed by atoms with Crippen LogP contribution in [0.5, 0.6) is 0 Å². The number of aromatic nitrogens is 2. The lowest BCUT2D eigenvalue weighted by Gasteiger charge is -2.29. The molecule has 0 amide bonds. The average Bonchev–Trinajstić information content (AvgIpc) is 2.67. The molecule has 136 valence electrons. The van der Waals surface area contributed by atoms with E-state index in [1.165, 1.54) is 6.07 Å². The zero-order chi connectivity index (χ0) is 19.0. The highest BCUT2D eigenvalue weighted by atomic mass is 19.1. The minimum atomic E-state index is -0.534. The molecular formula is C21H19FN4O. The van der Waals surface area contributed by atoms with Gasteiger partial charge < -0.3 is 5.73 Å². The molecule has 1 aromatic heterocycles. The summed E-state index contributed by atoms with van der Waals surface area (Å²) in [7, 11) is 0. The van der Waals surface area contributed by atoms with Crippen molar-refractivity contribution in [3.05, 3.63) is 81.8 Å². The predicted molar refractivity (Wildman–Crippen MR) is 103 cm³/mol. The molecule has 1 aliphatic carbocycles. The van der Waals surface area contributed by atoms with Crippen molar-refractivity contribution in [3.8, 4) is 11.1 Å². The lowest BCUT2D eigenvalue weighted by atomic mass is 9.77. The molecule has 0 aliphatic heterocycles. The number of nitrogen functional groups attached to an aromatic ring is 1. The van der Waals surface area contributed by atoms with Crippen LogP contribution in [0.4, 0.5) is 10.3 Å². The third-order valence-electron chi connectivity index (χ3n) is 5.18. The molecule has 0 radical (unpaired) electrons. The zero-order valence-corrected chi connectivity index (χ0v) is 14.9. The van der Waals surface area contributed by atoms with E-state index >= 15 is 0 Å². The summed E-state index contributed by atoms with van der Waals surface area (Å²) in [6, 6.07) is 13.9. The number of nitrogens with zero attached hydrogens (tertiary/aromatic N) is 3. The molecule has 2 atom stereocenters. The second kappa shape index (κ2) is 6.87. The van der Waals surface area contributed by atoms with Gasteiger partial charge in [0.1, 0.15) is 11.9 Å². The predicted octanol–water partition coefficient (Wildman–Crippen LogP) is 4.71. The Hall–Kier alpha value is -3.15. The first-order chi connectivity index (χ1) is 13.1. The normalized spacial score (nSPS) is 18.7. The summed E-state index contributed by atoms with van der Waals surface area (Å²) >= 11 is 0. The van der Waals surface area contributed by atoms with Crippen molar-refractivity contribution >= 4 is 5.95 Å². The number of aryl methyl sites for hydroxylation is 1. The van der Waals surface area contributed by atoms with Crippen LogP contribution in [0.2, 0.25) is 0 Å². The van der Waals surface area contributed by atoms with Crippen LogP contribution in [0.25, 0.3) is 11.1 Å². The van der Waals surface area contributed by atoms with Gasteiger partial charge in [0.2, 0.25) is 5.95 Å². The van der Waals surface area contributed by atoms with Gasteiger partial charge in [0.05, 0.1) is 5.69 Å². The van der Waals surface area contributed by atoms with E-state index in [1.807, 2.05) is 37.3 Å². The number of benzene rings is 2. The molecule has 0 fully saturated rings. The van der Waals surface area contributed by atoms with Crippen LogP contribution in [0.15, 0.2) is 53.7 Å². The SMILES string of the molecule is Cc1nc(N)nc2c1C(N=O)CC(c1ccc(F)cc1-c1ccccc1)C2. The quantitative estimate of drug-likeness (QED) is 0.684. The van der Waals surface area contributed by atoms with Crippen LogP contribution in [0.1, 0.15) is 40.9 Å². The highest BCUT2D eigenvalue weighted by molar-refractivity contribution is 5.68. The fraction of sp³-hybridized carbons (Fsp3) is 0.238. The molecule has 6 heteroatoms. The molecule has 2 N–H and O–H groups in total. The molecule has 2 unspecified atom stereocenters. The van der Waals surface area contributed by atoms with Crippen LogP contribution >= 0.6 is 0 Å². The summed E-state index contributed by atoms with van der Waals surface area (Å²) in [5.74, 6) is -0.107. The fourth-order valence-corrected chi connectivity index (χ4v) is 4.04. The Labute approximate surface area is 156 Å². The summed E-state index contributed by atoms with van der Waals surface area (Å²) in [4.78, 5) is 20.1. The monoisotopic (exact) mass is 362 g/mol. The zero-order valence-electron chi connectivity index (χ0n) is 14.9. The number of nitroso groups, excluding NO2 is 1. The molecule has 0 spiro atoms. The van der Waals surface area contributed by atoms with E-state index in [1.54, 1.807) is 12.1 Å². The Morgan fingerprint density at radius 1 is 1.15 bits per heavy atom. The number of halogens is 1. The molecule has 1 aliphatic rings. The molecule has 0 saturated heterocycles. The lowest BCUT2D eigenvalue weighted by molar-refractivity contribution is 0.489. The standard InChI is InChI=1S/C21H19FN4O/c1-12-20-18(25-21(23)24-12)9-14(10-19(20)26-27)16-8-7-15(22)11-17(16)13-5-3-2-4-6-13/h2-8,11,14,19H,9-10H2,1H3,(H2,23,24,25). The van der Waals surface area contributed by atoms with Gasteiger partial charge in [-0.05, 0) is 54.5 Å². The summed E-state index contributed by atoms with van der Waals surface area (Å²) in [5.41, 5.74) is 10.8. The second-order valence-electron chi connectivity index (χ2n) is 6.88. The van der Waals surface area contributed by atoms with Crippen molar-refractivity contribution in [1.82, 2.24) is 9.97 Å². The van der Waals surface area contributed by atoms with E-state index in [4.69, 9.17) is 5.73 Å². The summed E-state index contributed by atoms with van der Waals surface area (Å²) in [6.45, 7) is 1.82. The molecule has 3 aromatic rings. The van der Waals surface area contributed by atoms with E-state index in [0.717, 1.165) is 27.9 Å². The topological polar surface area (TPSA) is 81.2 Å². The number of hydrogen-bond donors (Lipinski definition) is 1. The Kier molecular flexibility index (Phi) is 4.39. The lowest BCUT2D eigenvalue weighted by Crippen LogP contribution is -2.21. The van der Waals surface area contributed by atoms with E-state index < -0.39 is 6.04 Å². The number of hydrogen-bond acceptors (Lipinski definition) is 5. The van der Waals surface area contributed by atoms with Crippen LogP contribution in [0.3, 0.4) is 0 Å². The smallest absolute Gasteiger partial charge is 0.220 e. The van der Waals surface area contributed by atoms with Gasteiger partial charge >= 0.3 is 0 Å². The van der Waals surface area contributed by atoms with Crippen LogP contribution in [-0.2, 0) is 6.42 Å². The molecule has 0 saturated carbocycles. The first kappa shape index (κ1) is 17.3. The van der Waals surface area contributed by atoms with E-state index in [0.29, 0.717) is 18.5 Å². The Morgan fingerprint density at radius 2 is 1.93 bits per heavy atom. The third kappa shape index (κ3) is 3.18. The number of fused-ring (bicyclic) bond motifs is 1. The first-order valence-electron chi connectivity index (χ1n) is 8.87. The Morgan fingerprint density at radius 3 is 2.67 bits per heavy atom. The summed E-state index contributed by atoms with van der Waals surface area (Å²) < 4.78 is 14.0. The van der Waals surface area contributed by atoms with Crippen molar-refractivity contribution in [2.75, 3.05) is 5.73 Å². The van der Waals surface area contributed by atoms with Crippen LogP contribution < -0.4 is 5.73 Å².